The number of thiol groups is 1. The normalized spacial score (nSPS) is 10.4. The summed E-state index contributed by atoms with van der Waals surface area (Å²) in [6, 6.07) is -1.30. The summed E-state index contributed by atoms with van der Waals surface area (Å²) in [5.41, 5.74) is 0. The average Bonchev–Trinajstić information content (AvgIpc) is 2.11. The molecule has 0 rings (SSSR count). The molecule has 1 atom stereocenters. The summed E-state index contributed by atoms with van der Waals surface area (Å²) >= 11 is 3.79. The number of carbonyl (C=O) groups is 3. The van der Waals surface area contributed by atoms with Gasteiger partial charge in [0.15, 0.2) is 0 Å². The maximum Gasteiger partial charge on any atom is 1.00 e. The summed E-state index contributed by atoms with van der Waals surface area (Å²) in [5, 5.41) is 22.7. The van der Waals surface area contributed by atoms with E-state index in [1.807, 2.05) is 0 Å². The number of carboxylic acid groups (broad SMARTS) is 2. The summed E-state index contributed by atoms with van der Waals surface area (Å²) in [4.78, 5) is 31.6. The SMILES string of the molecule is O=C([O-])CC[C@@H](NC(=O)CCS)C(=O)[O-].[Na+].[Na+]. The fourth-order valence-electron chi connectivity index (χ4n) is 0.879. The number of carboxylic acids is 2. The van der Waals surface area contributed by atoms with E-state index in [1.165, 1.54) is 0 Å². The second-order valence-corrected chi connectivity index (χ2v) is 3.27. The first-order chi connectivity index (χ1) is 6.97. The molecule has 1 amide bonds. The van der Waals surface area contributed by atoms with Gasteiger partial charge in [0.25, 0.3) is 0 Å². The minimum Gasteiger partial charge on any atom is -0.550 e. The van der Waals surface area contributed by atoms with Crippen LogP contribution in [0.1, 0.15) is 19.3 Å². The first-order valence-electron chi connectivity index (χ1n) is 4.28. The van der Waals surface area contributed by atoms with Crippen molar-refractivity contribution in [3.05, 3.63) is 0 Å². The van der Waals surface area contributed by atoms with E-state index in [0.717, 1.165) is 0 Å². The zero-order valence-electron chi connectivity index (χ0n) is 9.89. The van der Waals surface area contributed by atoms with Crippen LogP contribution in [0.5, 0.6) is 0 Å². The summed E-state index contributed by atoms with van der Waals surface area (Å²) in [6.45, 7) is 0. The van der Waals surface area contributed by atoms with Crippen LogP contribution in [0, 0.1) is 0 Å². The summed E-state index contributed by atoms with van der Waals surface area (Å²) < 4.78 is 0. The van der Waals surface area contributed by atoms with E-state index < -0.39 is 30.3 Å². The zero-order chi connectivity index (χ0) is 11.8. The topological polar surface area (TPSA) is 109 Å². The summed E-state index contributed by atoms with van der Waals surface area (Å²) in [7, 11) is 0. The van der Waals surface area contributed by atoms with Gasteiger partial charge in [-0.25, -0.2) is 0 Å². The molecule has 0 radical (unpaired) electrons. The van der Waals surface area contributed by atoms with Gasteiger partial charge >= 0.3 is 59.1 Å². The predicted octanol–water partition coefficient (Wildman–Crippen LogP) is -8.92. The second kappa shape index (κ2) is 13.2. The standard InChI is InChI=1S/C8H13NO5S.2Na/c10-6(3-4-15)9-5(8(13)14)1-2-7(11)12;;/h5,15H,1-4H2,(H,9,10)(H,11,12)(H,13,14);;/q;2*+1/p-2/t5-;;/m1../s1. The third-order valence-electron chi connectivity index (χ3n) is 1.60. The largest absolute Gasteiger partial charge is 1.00 e. The quantitative estimate of drug-likeness (QED) is 0.355. The molecule has 0 saturated carbocycles. The van der Waals surface area contributed by atoms with Crippen molar-refractivity contribution in [1.82, 2.24) is 5.32 Å². The molecule has 6 nitrogen and oxygen atoms in total. The van der Waals surface area contributed by atoms with Gasteiger partial charge < -0.3 is 25.1 Å². The minimum absolute atomic E-state index is 0. The molecule has 0 heterocycles. The molecule has 0 saturated heterocycles. The number of hydrogen-bond donors (Lipinski definition) is 2. The molecule has 0 unspecified atom stereocenters. The van der Waals surface area contributed by atoms with Crippen LogP contribution in [0.2, 0.25) is 0 Å². The van der Waals surface area contributed by atoms with Crippen LogP contribution in [0.3, 0.4) is 0 Å². The van der Waals surface area contributed by atoms with Crippen LogP contribution < -0.4 is 74.6 Å². The van der Waals surface area contributed by atoms with Crippen molar-refractivity contribution in [1.29, 1.82) is 0 Å². The monoisotopic (exact) mass is 279 g/mol. The Hall–Kier alpha value is 0.760. The van der Waals surface area contributed by atoms with Crippen LogP contribution in [-0.4, -0.2) is 29.6 Å². The van der Waals surface area contributed by atoms with Gasteiger partial charge in [-0.15, -0.1) is 0 Å². The van der Waals surface area contributed by atoms with Crippen molar-refractivity contribution >= 4 is 30.5 Å². The molecule has 0 aromatic rings. The fourth-order valence-corrected chi connectivity index (χ4v) is 1.08. The Morgan fingerprint density at radius 3 is 2.00 bits per heavy atom. The van der Waals surface area contributed by atoms with Crippen LogP contribution in [0.15, 0.2) is 0 Å². The third kappa shape index (κ3) is 13.0. The van der Waals surface area contributed by atoms with Crippen molar-refractivity contribution in [2.45, 2.75) is 25.3 Å². The van der Waals surface area contributed by atoms with Crippen LogP contribution in [0.25, 0.3) is 0 Å². The maximum absolute atomic E-state index is 11.0. The van der Waals surface area contributed by atoms with Gasteiger partial charge in [0.1, 0.15) is 0 Å². The molecular weight excluding hydrogens is 268 g/mol. The number of hydrogen-bond acceptors (Lipinski definition) is 6. The third-order valence-corrected chi connectivity index (χ3v) is 1.82. The molecule has 0 aliphatic rings. The van der Waals surface area contributed by atoms with Gasteiger partial charge in [-0.2, -0.15) is 12.6 Å². The van der Waals surface area contributed by atoms with Crippen LogP contribution in [-0.2, 0) is 14.4 Å². The molecule has 1 N–H and O–H groups in total. The Bertz CT molecular complexity index is 264. The van der Waals surface area contributed by atoms with E-state index in [1.54, 1.807) is 0 Å². The first-order valence-corrected chi connectivity index (χ1v) is 4.91. The molecule has 0 bridgehead atoms. The molecule has 0 aromatic carbocycles. The van der Waals surface area contributed by atoms with Gasteiger partial charge in [0, 0.05) is 12.4 Å². The Labute approximate surface area is 149 Å². The number of rotatable bonds is 7. The van der Waals surface area contributed by atoms with E-state index >= 15 is 0 Å². The second-order valence-electron chi connectivity index (χ2n) is 2.82. The molecule has 86 valence electrons. The van der Waals surface area contributed by atoms with Crippen molar-refractivity contribution in [2.75, 3.05) is 5.75 Å². The smallest absolute Gasteiger partial charge is 0.550 e. The number of nitrogens with one attached hydrogen (secondary N) is 1. The summed E-state index contributed by atoms with van der Waals surface area (Å²) in [6.07, 6.45) is -0.624. The van der Waals surface area contributed by atoms with Gasteiger partial charge in [0.2, 0.25) is 5.91 Å². The molecule has 0 aliphatic heterocycles. The molecular formula is C8H11NNa2O5S. The van der Waals surface area contributed by atoms with Gasteiger partial charge in [0.05, 0.1) is 12.0 Å². The van der Waals surface area contributed by atoms with Crippen molar-refractivity contribution < 1.29 is 83.7 Å². The number of aliphatic carboxylic acids is 2. The number of carbonyl (C=O) groups excluding carboxylic acids is 3. The minimum atomic E-state index is -1.51. The van der Waals surface area contributed by atoms with E-state index in [4.69, 9.17) is 0 Å². The Morgan fingerprint density at radius 1 is 1.12 bits per heavy atom. The first kappa shape index (κ1) is 22.9. The summed E-state index contributed by atoms with van der Waals surface area (Å²) in [5.74, 6) is -3.10. The van der Waals surface area contributed by atoms with E-state index in [2.05, 4.69) is 17.9 Å². The van der Waals surface area contributed by atoms with Gasteiger partial charge in [-0.3, -0.25) is 4.79 Å². The zero-order valence-corrected chi connectivity index (χ0v) is 14.8. The molecule has 17 heavy (non-hydrogen) atoms. The predicted molar refractivity (Wildman–Crippen MR) is 49.6 cm³/mol. The van der Waals surface area contributed by atoms with Crippen LogP contribution in [0.4, 0.5) is 0 Å². The van der Waals surface area contributed by atoms with Gasteiger partial charge in [-0.05, 0) is 18.6 Å². The van der Waals surface area contributed by atoms with Gasteiger partial charge in [-0.1, -0.05) is 0 Å². The average molecular weight is 279 g/mol. The molecule has 0 fully saturated rings. The molecule has 9 heteroatoms. The van der Waals surface area contributed by atoms with Crippen molar-refractivity contribution in [3.63, 3.8) is 0 Å². The Balaban J connectivity index is -0.000000980. The van der Waals surface area contributed by atoms with Crippen molar-refractivity contribution in [3.8, 4) is 0 Å². The molecule has 0 spiro atoms. The van der Waals surface area contributed by atoms with E-state index in [0.29, 0.717) is 0 Å². The van der Waals surface area contributed by atoms with E-state index in [9.17, 15) is 24.6 Å². The number of amides is 1. The van der Waals surface area contributed by atoms with Crippen molar-refractivity contribution in [2.24, 2.45) is 0 Å². The Morgan fingerprint density at radius 2 is 1.65 bits per heavy atom. The van der Waals surface area contributed by atoms with Crippen LogP contribution >= 0.6 is 12.6 Å². The maximum atomic E-state index is 11.0. The Kier molecular flexibility index (Phi) is 17.8. The fraction of sp³-hybridized carbons (Fsp3) is 0.625. The molecule has 0 aromatic heterocycles. The molecule has 0 aliphatic carbocycles. The van der Waals surface area contributed by atoms with E-state index in [-0.39, 0.29) is 77.7 Å².